The van der Waals surface area contributed by atoms with E-state index >= 15 is 0 Å². The molecular formula is C12H23N. The van der Waals surface area contributed by atoms with Crippen LogP contribution in [0.15, 0.2) is 12.2 Å². The summed E-state index contributed by atoms with van der Waals surface area (Å²) in [6, 6.07) is 1.44. The third kappa shape index (κ3) is 2.84. The van der Waals surface area contributed by atoms with Crippen LogP contribution in [0.3, 0.4) is 0 Å². The van der Waals surface area contributed by atoms with Crippen LogP contribution >= 0.6 is 0 Å². The fourth-order valence-electron chi connectivity index (χ4n) is 2.17. The highest BCUT2D eigenvalue weighted by Crippen LogP contribution is 2.20. The second-order valence-electron chi connectivity index (χ2n) is 4.64. The van der Waals surface area contributed by atoms with Crippen LogP contribution in [0, 0.1) is 5.92 Å². The molecule has 0 radical (unpaired) electrons. The molecule has 1 aliphatic rings. The monoisotopic (exact) mass is 181 g/mol. The minimum atomic E-state index is 0.687. The maximum atomic E-state index is 2.64. The average molecular weight is 181 g/mol. The fourth-order valence-corrected chi connectivity index (χ4v) is 2.17. The summed E-state index contributed by atoms with van der Waals surface area (Å²) >= 11 is 0. The molecule has 0 aromatic carbocycles. The first kappa shape index (κ1) is 10.8. The molecule has 1 rings (SSSR count). The largest absolute Gasteiger partial charge is 0.297 e. The van der Waals surface area contributed by atoms with Gasteiger partial charge in [-0.3, -0.25) is 4.90 Å². The van der Waals surface area contributed by atoms with E-state index in [0.717, 1.165) is 12.0 Å². The van der Waals surface area contributed by atoms with Gasteiger partial charge in [-0.2, -0.15) is 0 Å². The number of hydrogen-bond donors (Lipinski definition) is 0. The summed E-state index contributed by atoms with van der Waals surface area (Å²) in [5, 5.41) is 0. The standard InChI is InChI=1S/C12H23N/c1-10(2)12-8-6-5-7-9-13(12)11(3)4/h5-6,10-12H,7-9H2,1-4H3. The van der Waals surface area contributed by atoms with Crippen molar-refractivity contribution in [3.8, 4) is 0 Å². The molecule has 1 heterocycles. The minimum Gasteiger partial charge on any atom is -0.297 e. The highest BCUT2D eigenvalue weighted by Gasteiger charge is 2.23. The summed E-state index contributed by atoms with van der Waals surface area (Å²) in [7, 11) is 0. The number of hydrogen-bond acceptors (Lipinski definition) is 1. The van der Waals surface area contributed by atoms with Crippen molar-refractivity contribution < 1.29 is 0 Å². The van der Waals surface area contributed by atoms with Gasteiger partial charge in [-0.05, 0) is 32.6 Å². The highest BCUT2D eigenvalue weighted by atomic mass is 15.2. The van der Waals surface area contributed by atoms with E-state index < -0.39 is 0 Å². The SMILES string of the molecule is CC(C)C1CC=CCCN1C(C)C. The predicted molar refractivity (Wildman–Crippen MR) is 58.8 cm³/mol. The van der Waals surface area contributed by atoms with Crippen LogP contribution in [0.25, 0.3) is 0 Å². The molecule has 1 heteroatoms. The Labute approximate surface area is 82.8 Å². The summed E-state index contributed by atoms with van der Waals surface area (Å²) in [6.45, 7) is 10.5. The van der Waals surface area contributed by atoms with Crippen molar-refractivity contribution in [2.45, 2.75) is 52.6 Å². The molecule has 13 heavy (non-hydrogen) atoms. The molecule has 0 spiro atoms. The second-order valence-corrected chi connectivity index (χ2v) is 4.64. The third-order valence-electron chi connectivity index (χ3n) is 2.96. The van der Waals surface area contributed by atoms with E-state index in [4.69, 9.17) is 0 Å². The Hall–Kier alpha value is -0.300. The van der Waals surface area contributed by atoms with Crippen molar-refractivity contribution in [2.24, 2.45) is 5.92 Å². The van der Waals surface area contributed by atoms with Gasteiger partial charge in [0.1, 0.15) is 0 Å². The van der Waals surface area contributed by atoms with E-state index in [1.165, 1.54) is 19.4 Å². The molecule has 0 amide bonds. The molecule has 1 nitrogen and oxygen atoms in total. The predicted octanol–water partition coefficient (Wildman–Crippen LogP) is 3.07. The minimum absolute atomic E-state index is 0.687. The Kier molecular flexibility index (Phi) is 3.98. The van der Waals surface area contributed by atoms with E-state index in [9.17, 15) is 0 Å². The van der Waals surface area contributed by atoms with Crippen LogP contribution in [0.5, 0.6) is 0 Å². The lowest BCUT2D eigenvalue weighted by Gasteiger charge is -2.35. The fraction of sp³-hybridized carbons (Fsp3) is 0.833. The third-order valence-corrected chi connectivity index (χ3v) is 2.96. The van der Waals surface area contributed by atoms with Crippen molar-refractivity contribution in [1.82, 2.24) is 4.90 Å². The Morgan fingerprint density at radius 3 is 2.38 bits per heavy atom. The summed E-state index contributed by atoms with van der Waals surface area (Å²) in [5.74, 6) is 0.769. The van der Waals surface area contributed by atoms with Gasteiger partial charge in [-0.1, -0.05) is 26.0 Å². The Bertz CT molecular complexity index is 170. The first-order valence-corrected chi connectivity index (χ1v) is 5.53. The van der Waals surface area contributed by atoms with Crippen LogP contribution in [0.2, 0.25) is 0 Å². The highest BCUT2D eigenvalue weighted by molar-refractivity contribution is 4.94. The summed E-state index contributed by atoms with van der Waals surface area (Å²) < 4.78 is 0. The molecule has 0 aliphatic carbocycles. The normalized spacial score (nSPS) is 25.5. The molecule has 0 aromatic rings. The van der Waals surface area contributed by atoms with E-state index in [1.807, 2.05) is 0 Å². The van der Waals surface area contributed by atoms with Gasteiger partial charge < -0.3 is 0 Å². The number of nitrogens with zero attached hydrogens (tertiary/aromatic N) is 1. The maximum Gasteiger partial charge on any atom is 0.0155 e. The molecule has 0 saturated heterocycles. The molecule has 1 aliphatic heterocycles. The molecule has 0 bridgehead atoms. The molecule has 0 fully saturated rings. The molecule has 0 aromatic heterocycles. The van der Waals surface area contributed by atoms with Crippen molar-refractivity contribution in [3.05, 3.63) is 12.2 Å². The van der Waals surface area contributed by atoms with Crippen molar-refractivity contribution in [1.29, 1.82) is 0 Å². The van der Waals surface area contributed by atoms with E-state index in [2.05, 4.69) is 44.7 Å². The summed E-state index contributed by atoms with van der Waals surface area (Å²) in [4.78, 5) is 2.64. The molecule has 0 saturated carbocycles. The lowest BCUT2D eigenvalue weighted by Crippen LogP contribution is -2.43. The Morgan fingerprint density at radius 2 is 1.85 bits per heavy atom. The van der Waals surface area contributed by atoms with Crippen LogP contribution < -0.4 is 0 Å². The summed E-state index contributed by atoms with van der Waals surface area (Å²) in [5.41, 5.74) is 0. The topological polar surface area (TPSA) is 3.24 Å². The Morgan fingerprint density at radius 1 is 1.15 bits per heavy atom. The van der Waals surface area contributed by atoms with Crippen molar-refractivity contribution in [3.63, 3.8) is 0 Å². The average Bonchev–Trinajstić information content (AvgIpc) is 2.27. The van der Waals surface area contributed by atoms with Crippen molar-refractivity contribution >= 4 is 0 Å². The van der Waals surface area contributed by atoms with Crippen LogP contribution in [0.1, 0.15) is 40.5 Å². The zero-order valence-corrected chi connectivity index (χ0v) is 9.46. The molecule has 1 unspecified atom stereocenters. The first-order valence-electron chi connectivity index (χ1n) is 5.53. The van der Waals surface area contributed by atoms with E-state index in [1.54, 1.807) is 0 Å². The van der Waals surface area contributed by atoms with Gasteiger partial charge in [0.05, 0.1) is 0 Å². The van der Waals surface area contributed by atoms with Gasteiger partial charge in [0.15, 0.2) is 0 Å². The van der Waals surface area contributed by atoms with Crippen LogP contribution in [-0.4, -0.2) is 23.5 Å². The van der Waals surface area contributed by atoms with Gasteiger partial charge in [-0.25, -0.2) is 0 Å². The Balaban J connectivity index is 2.66. The molecule has 0 N–H and O–H groups in total. The van der Waals surface area contributed by atoms with Gasteiger partial charge in [-0.15, -0.1) is 0 Å². The smallest absolute Gasteiger partial charge is 0.0155 e. The maximum absolute atomic E-state index is 2.64. The van der Waals surface area contributed by atoms with Gasteiger partial charge in [0, 0.05) is 18.6 Å². The lowest BCUT2D eigenvalue weighted by atomic mass is 9.98. The van der Waals surface area contributed by atoms with Gasteiger partial charge >= 0.3 is 0 Å². The lowest BCUT2D eigenvalue weighted by molar-refractivity contribution is 0.125. The van der Waals surface area contributed by atoms with Crippen LogP contribution in [-0.2, 0) is 0 Å². The second kappa shape index (κ2) is 4.80. The van der Waals surface area contributed by atoms with Crippen LogP contribution in [0.4, 0.5) is 0 Å². The van der Waals surface area contributed by atoms with Gasteiger partial charge in [0.2, 0.25) is 0 Å². The number of rotatable bonds is 2. The van der Waals surface area contributed by atoms with Gasteiger partial charge in [0.25, 0.3) is 0 Å². The van der Waals surface area contributed by atoms with E-state index in [0.29, 0.717) is 6.04 Å². The molecular weight excluding hydrogens is 158 g/mol. The van der Waals surface area contributed by atoms with Crippen molar-refractivity contribution in [2.75, 3.05) is 6.54 Å². The zero-order chi connectivity index (χ0) is 9.84. The molecule has 76 valence electrons. The first-order chi connectivity index (χ1) is 6.13. The molecule has 1 atom stereocenters. The van der Waals surface area contributed by atoms with E-state index in [-0.39, 0.29) is 0 Å². The summed E-state index contributed by atoms with van der Waals surface area (Å²) in [6.07, 6.45) is 7.14. The zero-order valence-electron chi connectivity index (χ0n) is 9.46. The quantitative estimate of drug-likeness (QED) is 0.592.